The second-order valence-electron chi connectivity index (χ2n) is 8.11. The SMILES string of the molecule is CS(=O)(=O)N1CCCC(N2CCc3ccc(Oc4ccc(C(F)(F)F)cc4)cc3C2=O)C1. The van der Waals surface area contributed by atoms with E-state index in [9.17, 15) is 26.4 Å². The van der Waals surface area contributed by atoms with Crippen molar-refractivity contribution in [2.75, 3.05) is 25.9 Å². The normalized spacial score (nSPS) is 20.2. The highest BCUT2D eigenvalue weighted by molar-refractivity contribution is 7.88. The zero-order valence-corrected chi connectivity index (χ0v) is 18.2. The highest BCUT2D eigenvalue weighted by atomic mass is 32.2. The largest absolute Gasteiger partial charge is 0.457 e. The lowest BCUT2D eigenvalue weighted by molar-refractivity contribution is -0.137. The predicted molar refractivity (Wildman–Crippen MR) is 112 cm³/mol. The average Bonchev–Trinajstić information content (AvgIpc) is 2.74. The summed E-state index contributed by atoms with van der Waals surface area (Å²) in [6, 6.07) is 9.22. The highest BCUT2D eigenvalue weighted by Crippen LogP contribution is 2.33. The van der Waals surface area contributed by atoms with Crippen LogP contribution in [0.2, 0.25) is 0 Å². The van der Waals surface area contributed by atoms with E-state index >= 15 is 0 Å². The number of hydrogen-bond donors (Lipinski definition) is 0. The third-order valence-corrected chi connectivity index (χ3v) is 7.15. The minimum absolute atomic E-state index is 0.190. The van der Waals surface area contributed by atoms with Gasteiger partial charge in [-0.3, -0.25) is 4.79 Å². The van der Waals surface area contributed by atoms with E-state index in [1.54, 1.807) is 23.1 Å². The van der Waals surface area contributed by atoms with Crippen LogP contribution < -0.4 is 4.74 Å². The van der Waals surface area contributed by atoms with Crippen molar-refractivity contribution >= 4 is 15.9 Å². The van der Waals surface area contributed by atoms with Crippen LogP contribution in [0.15, 0.2) is 42.5 Å². The maximum atomic E-state index is 13.2. The molecule has 1 atom stereocenters. The van der Waals surface area contributed by atoms with Gasteiger partial charge in [0.1, 0.15) is 11.5 Å². The van der Waals surface area contributed by atoms with E-state index < -0.39 is 21.8 Å². The van der Waals surface area contributed by atoms with Crippen LogP contribution in [0.4, 0.5) is 13.2 Å². The van der Waals surface area contributed by atoms with E-state index in [-0.39, 0.29) is 24.2 Å². The van der Waals surface area contributed by atoms with Gasteiger partial charge in [-0.2, -0.15) is 13.2 Å². The van der Waals surface area contributed by atoms with Crippen molar-refractivity contribution in [3.05, 3.63) is 59.2 Å². The van der Waals surface area contributed by atoms with E-state index in [2.05, 4.69) is 0 Å². The molecule has 32 heavy (non-hydrogen) atoms. The van der Waals surface area contributed by atoms with Crippen LogP contribution in [-0.4, -0.2) is 55.5 Å². The number of amides is 1. The van der Waals surface area contributed by atoms with Gasteiger partial charge in [0, 0.05) is 31.2 Å². The van der Waals surface area contributed by atoms with Gasteiger partial charge in [0.15, 0.2) is 0 Å². The summed E-state index contributed by atoms with van der Waals surface area (Å²) >= 11 is 0. The van der Waals surface area contributed by atoms with Gasteiger partial charge in [-0.05, 0) is 61.2 Å². The van der Waals surface area contributed by atoms with Gasteiger partial charge < -0.3 is 9.64 Å². The lowest BCUT2D eigenvalue weighted by Crippen LogP contribution is -2.53. The first kappa shape index (κ1) is 22.6. The maximum absolute atomic E-state index is 13.2. The number of sulfonamides is 1. The Morgan fingerprint density at radius 3 is 2.38 bits per heavy atom. The number of halogens is 3. The number of rotatable bonds is 4. The number of alkyl halides is 3. The van der Waals surface area contributed by atoms with Crippen LogP contribution in [0.1, 0.15) is 34.3 Å². The molecule has 1 fully saturated rings. The van der Waals surface area contributed by atoms with Gasteiger partial charge in [0.2, 0.25) is 10.0 Å². The Labute approximate surface area is 184 Å². The fourth-order valence-corrected chi connectivity index (χ4v) is 5.11. The molecule has 2 heterocycles. The van der Waals surface area contributed by atoms with Crippen molar-refractivity contribution in [3.63, 3.8) is 0 Å². The van der Waals surface area contributed by atoms with Crippen molar-refractivity contribution in [2.24, 2.45) is 0 Å². The molecule has 0 aromatic heterocycles. The third-order valence-electron chi connectivity index (χ3n) is 5.88. The lowest BCUT2D eigenvalue weighted by atomic mass is 9.95. The second kappa shape index (κ2) is 8.40. The number of hydrogen-bond acceptors (Lipinski definition) is 4. The lowest BCUT2D eigenvalue weighted by Gasteiger charge is -2.40. The molecule has 0 saturated carbocycles. The van der Waals surface area contributed by atoms with Crippen molar-refractivity contribution in [2.45, 2.75) is 31.5 Å². The Bertz CT molecular complexity index is 1120. The number of carbonyl (C=O) groups is 1. The Morgan fingerprint density at radius 1 is 1.03 bits per heavy atom. The fraction of sp³-hybridized carbons (Fsp3) is 0.409. The van der Waals surface area contributed by atoms with Gasteiger partial charge in [-0.15, -0.1) is 0 Å². The molecule has 10 heteroatoms. The van der Waals surface area contributed by atoms with Crippen molar-refractivity contribution in [1.29, 1.82) is 0 Å². The first-order valence-electron chi connectivity index (χ1n) is 10.3. The Kier molecular flexibility index (Phi) is 5.93. The zero-order chi connectivity index (χ0) is 23.1. The number of ether oxygens (including phenoxy) is 1. The fourth-order valence-electron chi connectivity index (χ4n) is 4.21. The Morgan fingerprint density at radius 2 is 1.72 bits per heavy atom. The monoisotopic (exact) mass is 468 g/mol. The van der Waals surface area contributed by atoms with Gasteiger partial charge in [0.25, 0.3) is 5.91 Å². The Hall–Kier alpha value is -2.59. The molecular weight excluding hydrogens is 445 g/mol. The molecule has 172 valence electrons. The molecule has 0 bridgehead atoms. The summed E-state index contributed by atoms with van der Waals surface area (Å²) in [5.41, 5.74) is 0.565. The number of nitrogens with zero attached hydrogens (tertiary/aromatic N) is 2. The number of piperidine rings is 1. The average molecular weight is 468 g/mol. The molecule has 0 spiro atoms. The van der Waals surface area contributed by atoms with Gasteiger partial charge >= 0.3 is 6.18 Å². The van der Waals surface area contributed by atoms with Gasteiger partial charge in [-0.1, -0.05) is 6.07 Å². The zero-order valence-electron chi connectivity index (χ0n) is 17.4. The third kappa shape index (κ3) is 4.75. The van der Waals surface area contributed by atoms with E-state index in [0.717, 1.165) is 24.1 Å². The summed E-state index contributed by atoms with van der Waals surface area (Å²) in [4.78, 5) is 14.9. The minimum atomic E-state index is -4.42. The molecule has 4 rings (SSSR count). The van der Waals surface area contributed by atoms with Crippen LogP contribution in [0.5, 0.6) is 11.5 Å². The summed E-state index contributed by atoms with van der Waals surface area (Å²) in [6.45, 7) is 1.24. The van der Waals surface area contributed by atoms with E-state index in [4.69, 9.17) is 4.74 Å². The van der Waals surface area contributed by atoms with Crippen molar-refractivity contribution in [3.8, 4) is 11.5 Å². The van der Waals surface area contributed by atoms with Crippen LogP contribution in [0, 0.1) is 0 Å². The van der Waals surface area contributed by atoms with E-state index in [1.165, 1.54) is 22.7 Å². The Balaban J connectivity index is 1.51. The maximum Gasteiger partial charge on any atom is 0.416 e. The van der Waals surface area contributed by atoms with Crippen LogP contribution >= 0.6 is 0 Å². The highest BCUT2D eigenvalue weighted by Gasteiger charge is 2.35. The van der Waals surface area contributed by atoms with Crippen LogP contribution in [-0.2, 0) is 22.6 Å². The summed E-state index contributed by atoms with van der Waals surface area (Å²) < 4.78 is 69.2. The summed E-state index contributed by atoms with van der Waals surface area (Å²) in [6.07, 6.45) is -1.20. The van der Waals surface area contributed by atoms with Crippen LogP contribution in [0.3, 0.4) is 0 Å². The minimum Gasteiger partial charge on any atom is -0.457 e. The van der Waals surface area contributed by atoms with Crippen LogP contribution in [0.25, 0.3) is 0 Å². The summed E-state index contributed by atoms with van der Waals surface area (Å²) in [5.74, 6) is 0.388. The molecule has 1 unspecified atom stereocenters. The van der Waals surface area contributed by atoms with Gasteiger partial charge in [-0.25, -0.2) is 12.7 Å². The van der Waals surface area contributed by atoms with Gasteiger partial charge in [0.05, 0.1) is 11.8 Å². The van der Waals surface area contributed by atoms with Crippen molar-refractivity contribution in [1.82, 2.24) is 9.21 Å². The standard InChI is InChI=1S/C22H23F3N2O4S/c1-32(29,30)26-11-2-3-17(14-26)27-12-10-15-4-7-19(13-20(15)21(27)28)31-18-8-5-16(6-9-18)22(23,24)25/h4-9,13,17H,2-3,10-12,14H2,1H3. The topological polar surface area (TPSA) is 66.9 Å². The number of carbonyl (C=O) groups excluding carboxylic acids is 1. The van der Waals surface area contributed by atoms with E-state index in [1.807, 2.05) is 0 Å². The summed E-state index contributed by atoms with van der Waals surface area (Å²) in [7, 11) is -3.32. The molecule has 0 aliphatic carbocycles. The smallest absolute Gasteiger partial charge is 0.416 e. The summed E-state index contributed by atoms with van der Waals surface area (Å²) in [5, 5.41) is 0. The first-order chi connectivity index (χ1) is 15.0. The second-order valence-corrected chi connectivity index (χ2v) is 10.1. The quantitative estimate of drug-likeness (QED) is 0.682. The van der Waals surface area contributed by atoms with Crippen molar-refractivity contribution < 1.29 is 31.1 Å². The molecular formula is C22H23F3N2O4S. The molecule has 0 N–H and O–H groups in total. The molecule has 2 aliphatic heterocycles. The molecule has 0 radical (unpaired) electrons. The molecule has 1 amide bonds. The molecule has 2 aromatic carbocycles. The molecule has 1 saturated heterocycles. The number of fused-ring (bicyclic) bond motifs is 1. The molecule has 6 nitrogen and oxygen atoms in total. The molecule has 2 aromatic rings. The first-order valence-corrected chi connectivity index (χ1v) is 12.1. The molecule has 2 aliphatic rings. The predicted octanol–water partition coefficient (Wildman–Crippen LogP) is 3.92. The number of benzene rings is 2. The van der Waals surface area contributed by atoms with E-state index in [0.29, 0.717) is 37.2 Å².